The summed E-state index contributed by atoms with van der Waals surface area (Å²) >= 11 is 6.28. The summed E-state index contributed by atoms with van der Waals surface area (Å²) in [5.41, 5.74) is 2.79. The molecule has 0 saturated carbocycles. The Balaban J connectivity index is 2.18. The molecule has 0 radical (unpaired) electrons. The molecule has 3 aromatic rings. The van der Waals surface area contributed by atoms with Crippen LogP contribution in [0.5, 0.6) is 0 Å². The molecule has 0 aliphatic carbocycles. The fraction of sp³-hybridized carbons (Fsp3) is 0.538. The molecule has 0 saturated heterocycles. The smallest absolute Gasteiger partial charge is 0.223 e. The summed E-state index contributed by atoms with van der Waals surface area (Å²) in [7, 11) is 1.91. The zero-order chi connectivity index (χ0) is 15.1. The van der Waals surface area contributed by atoms with Crippen LogP contribution in [0.3, 0.4) is 0 Å². The van der Waals surface area contributed by atoms with Crippen molar-refractivity contribution in [2.24, 2.45) is 7.05 Å². The average molecular weight is 309 g/mol. The zero-order valence-electron chi connectivity index (χ0n) is 12.5. The SMILES string of the molecule is CCc1nn(C)c2c1nc(C(C)Cl)n2Cc1noc(C)n1. The number of alkyl halides is 1. The van der Waals surface area contributed by atoms with Gasteiger partial charge in [-0.2, -0.15) is 10.1 Å². The van der Waals surface area contributed by atoms with E-state index < -0.39 is 0 Å². The molecule has 3 aromatic heterocycles. The van der Waals surface area contributed by atoms with Crippen LogP contribution in [-0.2, 0) is 20.0 Å². The lowest BCUT2D eigenvalue weighted by atomic mass is 10.3. The predicted molar refractivity (Wildman–Crippen MR) is 78.3 cm³/mol. The molecular formula is C13H17ClN6O. The third-order valence-electron chi connectivity index (χ3n) is 3.38. The molecule has 1 unspecified atom stereocenters. The number of hydrogen-bond acceptors (Lipinski definition) is 5. The van der Waals surface area contributed by atoms with Gasteiger partial charge in [-0.1, -0.05) is 12.1 Å². The van der Waals surface area contributed by atoms with E-state index in [1.54, 1.807) is 6.92 Å². The quantitative estimate of drug-likeness (QED) is 0.692. The molecule has 21 heavy (non-hydrogen) atoms. The molecule has 3 rings (SSSR count). The molecule has 0 fully saturated rings. The van der Waals surface area contributed by atoms with E-state index in [1.165, 1.54) is 0 Å². The van der Waals surface area contributed by atoms with Gasteiger partial charge in [-0.05, 0) is 13.3 Å². The topological polar surface area (TPSA) is 74.6 Å². The summed E-state index contributed by atoms with van der Waals surface area (Å²) < 4.78 is 8.87. The van der Waals surface area contributed by atoms with E-state index in [2.05, 4.69) is 27.1 Å². The fourth-order valence-corrected chi connectivity index (χ4v) is 2.67. The van der Waals surface area contributed by atoms with Crippen molar-refractivity contribution in [3.8, 4) is 0 Å². The zero-order valence-corrected chi connectivity index (χ0v) is 13.2. The number of hydrogen-bond donors (Lipinski definition) is 0. The van der Waals surface area contributed by atoms with E-state index in [1.807, 2.05) is 23.2 Å². The Bertz CT molecular complexity index is 784. The molecule has 112 valence electrons. The number of rotatable bonds is 4. The number of nitrogens with zero attached hydrogens (tertiary/aromatic N) is 6. The van der Waals surface area contributed by atoms with E-state index in [9.17, 15) is 0 Å². The van der Waals surface area contributed by atoms with Crippen LogP contribution in [0, 0.1) is 6.92 Å². The molecule has 0 N–H and O–H groups in total. The van der Waals surface area contributed by atoms with Crippen molar-refractivity contribution < 1.29 is 4.52 Å². The maximum atomic E-state index is 6.28. The number of fused-ring (bicyclic) bond motifs is 1. The molecule has 0 aliphatic heterocycles. The molecule has 8 heteroatoms. The Labute approximate surface area is 126 Å². The highest BCUT2D eigenvalue weighted by molar-refractivity contribution is 6.20. The van der Waals surface area contributed by atoms with E-state index in [0.29, 0.717) is 18.3 Å². The summed E-state index contributed by atoms with van der Waals surface area (Å²) in [6.45, 7) is 6.19. The van der Waals surface area contributed by atoms with Crippen molar-refractivity contribution >= 4 is 22.8 Å². The van der Waals surface area contributed by atoms with Crippen LogP contribution in [0.4, 0.5) is 0 Å². The van der Waals surface area contributed by atoms with Gasteiger partial charge in [-0.25, -0.2) is 4.98 Å². The molecule has 0 amide bonds. The second-order valence-electron chi connectivity index (χ2n) is 5.00. The van der Waals surface area contributed by atoms with Crippen molar-refractivity contribution in [3.63, 3.8) is 0 Å². The molecule has 3 heterocycles. The van der Waals surface area contributed by atoms with Gasteiger partial charge in [0.2, 0.25) is 5.89 Å². The van der Waals surface area contributed by atoms with E-state index in [0.717, 1.165) is 29.1 Å². The number of aryl methyl sites for hydroxylation is 3. The third kappa shape index (κ3) is 2.31. The Morgan fingerprint density at radius 1 is 1.33 bits per heavy atom. The predicted octanol–water partition coefficient (Wildman–Crippen LogP) is 2.37. The summed E-state index contributed by atoms with van der Waals surface area (Å²) in [4.78, 5) is 8.92. The van der Waals surface area contributed by atoms with Crippen molar-refractivity contribution in [1.29, 1.82) is 0 Å². The lowest BCUT2D eigenvalue weighted by Crippen LogP contribution is -2.10. The molecular weight excluding hydrogens is 292 g/mol. The molecule has 0 spiro atoms. The Kier molecular flexibility index (Phi) is 3.44. The molecule has 1 atom stereocenters. The van der Waals surface area contributed by atoms with Gasteiger partial charge in [-0.3, -0.25) is 4.68 Å². The minimum atomic E-state index is -0.213. The molecule has 0 aromatic carbocycles. The Morgan fingerprint density at radius 2 is 2.10 bits per heavy atom. The highest BCUT2D eigenvalue weighted by Crippen LogP contribution is 2.27. The minimum Gasteiger partial charge on any atom is -0.340 e. The standard InChI is InChI=1S/C13H17ClN6O/c1-5-9-11-13(19(4)17-9)20(12(16-11)7(2)14)6-10-15-8(3)21-18-10/h7H,5-6H2,1-4H3. The average Bonchev–Trinajstić information content (AvgIpc) is 3.07. The number of aromatic nitrogens is 6. The van der Waals surface area contributed by atoms with Crippen LogP contribution in [0.25, 0.3) is 11.2 Å². The first-order valence-electron chi connectivity index (χ1n) is 6.86. The fourth-order valence-electron chi connectivity index (χ4n) is 2.50. The monoisotopic (exact) mass is 308 g/mol. The highest BCUT2D eigenvalue weighted by atomic mass is 35.5. The van der Waals surface area contributed by atoms with Gasteiger partial charge in [-0.15, -0.1) is 11.6 Å². The van der Waals surface area contributed by atoms with Gasteiger partial charge in [0.25, 0.3) is 0 Å². The maximum Gasteiger partial charge on any atom is 0.223 e. The van der Waals surface area contributed by atoms with Crippen molar-refractivity contribution in [3.05, 3.63) is 23.2 Å². The number of imidazole rings is 1. The van der Waals surface area contributed by atoms with E-state index in [4.69, 9.17) is 16.1 Å². The molecule has 0 aliphatic rings. The number of halogens is 1. The van der Waals surface area contributed by atoms with Crippen LogP contribution in [0.15, 0.2) is 4.52 Å². The second-order valence-corrected chi connectivity index (χ2v) is 5.65. The first-order chi connectivity index (χ1) is 10.0. The van der Waals surface area contributed by atoms with Crippen molar-refractivity contribution in [2.45, 2.75) is 39.1 Å². The lowest BCUT2D eigenvalue weighted by molar-refractivity contribution is 0.386. The van der Waals surface area contributed by atoms with Crippen LogP contribution in [-0.4, -0.2) is 29.5 Å². The van der Waals surface area contributed by atoms with Crippen LogP contribution in [0.2, 0.25) is 0 Å². The maximum absolute atomic E-state index is 6.28. The van der Waals surface area contributed by atoms with Gasteiger partial charge >= 0.3 is 0 Å². The Hall–Kier alpha value is -1.89. The molecule has 7 nitrogen and oxygen atoms in total. The summed E-state index contributed by atoms with van der Waals surface area (Å²) in [6, 6.07) is 0. The second kappa shape index (κ2) is 5.14. The van der Waals surface area contributed by atoms with Gasteiger partial charge < -0.3 is 9.09 Å². The normalized spacial score (nSPS) is 13.2. The van der Waals surface area contributed by atoms with Gasteiger partial charge in [0.1, 0.15) is 11.3 Å². The van der Waals surface area contributed by atoms with Crippen LogP contribution < -0.4 is 0 Å². The molecule has 0 bridgehead atoms. The van der Waals surface area contributed by atoms with Crippen molar-refractivity contribution in [1.82, 2.24) is 29.5 Å². The minimum absolute atomic E-state index is 0.213. The largest absolute Gasteiger partial charge is 0.340 e. The first kappa shape index (κ1) is 14.1. The van der Waals surface area contributed by atoms with Crippen LogP contribution in [0.1, 0.15) is 42.5 Å². The summed E-state index contributed by atoms with van der Waals surface area (Å²) in [6.07, 6.45) is 0.825. The summed E-state index contributed by atoms with van der Waals surface area (Å²) in [5.74, 6) is 1.93. The van der Waals surface area contributed by atoms with E-state index >= 15 is 0 Å². The van der Waals surface area contributed by atoms with Crippen molar-refractivity contribution in [2.75, 3.05) is 0 Å². The van der Waals surface area contributed by atoms with Gasteiger partial charge in [0.05, 0.1) is 17.6 Å². The lowest BCUT2D eigenvalue weighted by Gasteiger charge is -2.08. The summed E-state index contributed by atoms with van der Waals surface area (Å²) in [5, 5.41) is 8.24. The highest BCUT2D eigenvalue weighted by Gasteiger charge is 2.22. The van der Waals surface area contributed by atoms with E-state index in [-0.39, 0.29) is 5.38 Å². The van der Waals surface area contributed by atoms with Gasteiger partial charge in [0, 0.05) is 14.0 Å². The Morgan fingerprint density at radius 3 is 2.67 bits per heavy atom. The first-order valence-corrected chi connectivity index (χ1v) is 7.30. The van der Waals surface area contributed by atoms with Gasteiger partial charge in [0.15, 0.2) is 11.5 Å². The van der Waals surface area contributed by atoms with Crippen LogP contribution >= 0.6 is 11.6 Å². The third-order valence-corrected chi connectivity index (χ3v) is 3.58.